The number of aliphatic hydroxyl groups excluding tert-OH is 3. The van der Waals surface area contributed by atoms with Crippen LogP contribution in [0.5, 0.6) is 5.75 Å². The summed E-state index contributed by atoms with van der Waals surface area (Å²) in [5, 5.41) is 35.2. The minimum atomic E-state index is -1.36. The Labute approximate surface area is 197 Å². The molecular weight excluding hydrogens is 477 g/mol. The van der Waals surface area contributed by atoms with Crippen molar-refractivity contribution in [1.82, 2.24) is 19.5 Å². The summed E-state index contributed by atoms with van der Waals surface area (Å²) in [7, 11) is 0. The van der Waals surface area contributed by atoms with Gasteiger partial charge < -0.3 is 30.5 Å². The van der Waals surface area contributed by atoms with E-state index < -0.39 is 31.1 Å². The number of halogens is 2. The molecule has 4 unspecified atom stereocenters. The Morgan fingerprint density at radius 1 is 1.30 bits per heavy atom. The van der Waals surface area contributed by atoms with Crippen molar-refractivity contribution < 1.29 is 24.8 Å². The summed E-state index contributed by atoms with van der Waals surface area (Å²) in [4.78, 5) is 12.5. The van der Waals surface area contributed by atoms with E-state index in [0.717, 1.165) is 0 Å². The van der Waals surface area contributed by atoms with Gasteiger partial charge in [0, 0.05) is 5.02 Å². The standard InChI is InChI=1S/C19H21Cl2N7O5/c1-8(6-32-11-3-2-9(20)4-10(11)21)26-27-19-25-13-16(22)23-7-24-17(13)28(19)18-15(31)14(30)12(5-29)33-18/h2-4,7,12,14-15,18,29-31H,5-6H2,1H3,(H,25,27)(H2,22,23,24)/b26-8-. The zero-order valence-corrected chi connectivity index (χ0v) is 18.8. The predicted octanol–water partition coefficient (Wildman–Crippen LogP) is 1.19. The Balaban J connectivity index is 1.59. The molecule has 1 aliphatic rings. The molecule has 0 aliphatic carbocycles. The molecule has 0 spiro atoms. The second-order valence-electron chi connectivity index (χ2n) is 7.29. The molecule has 0 saturated carbocycles. The molecule has 14 heteroatoms. The van der Waals surface area contributed by atoms with Crippen molar-refractivity contribution in [1.29, 1.82) is 0 Å². The monoisotopic (exact) mass is 497 g/mol. The van der Waals surface area contributed by atoms with E-state index in [1.54, 1.807) is 25.1 Å². The third kappa shape index (κ3) is 4.67. The van der Waals surface area contributed by atoms with E-state index in [2.05, 4.69) is 25.5 Å². The SMILES string of the molecule is C/C(COc1ccc(Cl)cc1Cl)=N/Nc1nc2c(N)ncnc2n1C1OC(CO)C(O)C1O. The molecule has 6 N–H and O–H groups in total. The number of nitrogens with zero attached hydrogens (tertiary/aromatic N) is 5. The van der Waals surface area contributed by atoms with Crippen LogP contribution in [0.25, 0.3) is 11.2 Å². The van der Waals surface area contributed by atoms with Crippen molar-refractivity contribution in [2.75, 3.05) is 24.4 Å². The van der Waals surface area contributed by atoms with E-state index in [9.17, 15) is 15.3 Å². The number of hydrazone groups is 1. The van der Waals surface area contributed by atoms with Crippen molar-refractivity contribution >= 4 is 51.8 Å². The van der Waals surface area contributed by atoms with Crippen LogP contribution in [0.3, 0.4) is 0 Å². The molecule has 1 fully saturated rings. The van der Waals surface area contributed by atoms with E-state index in [-0.39, 0.29) is 29.5 Å². The lowest BCUT2D eigenvalue weighted by Gasteiger charge is -2.19. The van der Waals surface area contributed by atoms with Crippen LogP contribution < -0.4 is 15.9 Å². The quantitative estimate of drug-likeness (QED) is 0.235. The number of anilines is 2. The first-order valence-electron chi connectivity index (χ1n) is 9.78. The van der Waals surface area contributed by atoms with Crippen LogP contribution in [-0.2, 0) is 4.74 Å². The van der Waals surface area contributed by atoms with Crippen molar-refractivity contribution in [3.8, 4) is 5.75 Å². The fraction of sp³-hybridized carbons (Fsp3) is 0.368. The average Bonchev–Trinajstić information content (AvgIpc) is 3.29. The van der Waals surface area contributed by atoms with Crippen molar-refractivity contribution in [2.45, 2.75) is 31.5 Å². The highest BCUT2D eigenvalue weighted by Gasteiger charge is 2.45. The van der Waals surface area contributed by atoms with Gasteiger partial charge in [-0.25, -0.2) is 20.4 Å². The van der Waals surface area contributed by atoms with E-state index in [0.29, 0.717) is 21.5 Å². The first-order valence-corrected chi connectivity index (χ1v) is 10.5. The van der Waals surface area contributed by atoms with Crippen LogP contribution in [0.2, 0.25) is 10.0 Å². The number of ether oxygens (including phenoxy) is 2. The minimum Gasteiger partial charge on any atom is -0.486 e. The van der Waals surface area contributed by atoms with Gasteiger partial charge >= 0.3 is 0 Å². The molecule has 1 aliphatic heterocycles. The number of imidazole rings is 1. The number of hydrogen-bond donors (Lipinski definition) is 5. The Bertz CT molecular complexity index is 1190. The zero-order chi connectivity index (χ0) is 23.7. The number of nitrogens with one attached hydrogen (secondary N) is 1. The number of aliphatic hydroxyl groups is 3. The highest BCUT2D eigenvalue weighted by Crippen LogP contribution is 2.35. The van der Waals surface area contributed by atoms with E-state index in [1.807, 2.05) is 0 Å². The molecule has 33 heavy (non-hydrogen) atoms. The van der Waals surface area contributed by atoms with Crippen molar-refractivity contribution in [3.63, 3.8) is 0 Å². The maximum atomic E-state index is 10.5. The molecule has 2 aromatic heterocycles. The van der Waals surface area contributed by atoms with Gasteiger partial charge in [0.15, 0.2) is 23.2 Å². The number of rotatable bonds is 7. The Kier molecular flexibility index (Phi) is 6.83. The number of aromatic nitrogens is 4. The summed E-state index contributed by atoms with van der Waals surface area (Å²) in [6.07, 6.45) is -3.54. The third-order valence-corrected chi connectivity index (χ3v) is 5.48. The van der Waals surface area contributed by atoms with Crippen LogP contribution in [0, 0.1) is 0 Å². The molecule has 4 atom stereocenters. The maximum Gasteiger partial charge on any atom is 0.228 e. The normalized spacial score (nSPS) is 23.3. The van der Waals surface area contributed by atoms with Crippen LogP contribution in [0.1, 0.15) is 13.2 Å². The Morgan fingerprint density at radius 2 is 2.09 bits per heavy atom. The van der Waals surface area contributed by atoms with Gasteiger partial charge in [-0.15, -0.1) is 0 Å². The lowest BCUT2D eigenvalue weighted by molar-refractivity contribution is -0.0501. The highest BCUT2D eigenvalue weighted by atomic mass is 35.5. The molecular formula is C19H21Cl2N7O5. The topological polar surface area (TPSA) is 173 Å². The van der Waals surface area contributed by atoms with Gasteiger partial charge in [0.1, 0.15) is 37.0 Å². The van der Waals surface area contributed by atoms with Gasteiger partial charge in [-0.05, 0) is 25.1 Å². The van der Waals surface area contributed by atoms with Gasteiger partial charge in [0.2, 0.25) is 5.95 Å². The molecule has 1 saturated heterocycles. The number of nitrogen functional groups attached to an aromatic ring is 1. The van der Waals surface area contributed by atoms with Gasteiger partial charge in [0.05, 0.1) is 17.3 Å². The summed E-state index contributed by atoms with van der Waals surface area (Å²) in [5.74, 6) is 0.670. The predicted molar refractivity (Wildman–Crippen MR) is 121 cm³/mol. The Morgan fingerprint density at radius 3 is 2.79 bits per heavy atom. The maximum absolute atomic E-state index is 10.5. The van der Waals surface area contributed by atoms with Crippen LogP contribution in [0.15, 0.2) is 29.6 Å². The first kappa shape index (κ1) is 23.4. The van der Waals surface area contributed by atoms with Crippen LogP contribution >= 0.6 is 23.2 Å². The summed E-state index contributed by atoms with van der Waals surface area (Å²) in [5.41, 5.74) is 9.72. The molecule has 12 nitrogen and oxygen atoms in total. The first-order chi connectivity index (χ1) is 15.8. The largest absolute Gasteiger partial charge is 0.486 e. The number of benzene rings is 1. The second kappa shape index (κ2) is 9.63. The lowest BCUT2D eigenvalue weighted by atomic mass is 10.1. The van der Waals surface area contributed by atoms with E-state index in [1.165, 1.54) is 10.9 Å². The summed E-state index contributed by atoms with van der Waals surface area (Å²) < 4.78 is 12.7. The molecule has 0 amide bonds. The molecule has 176 valence electrons. The Hall–Kier alpha value is -2.74. The van der Waals surface area contributed by atoms with Gasteiger partial charge in [0.25, 0.3) is 0 Å². The molecule has 3 heterocycles. The molecule has 4 rings (SSSR count). The van der Waals surface area contributed by atoms with Gasteiger partial charge in [-0.3, -0.25) is 4.57 Å². The number of fused-ring (bicyclic) bond motifs is 1. The van der Waals surface area contributed by atoms with Crippen molar-refractivity contribution in [3.05, 3.63) is 34.6 Å². The average molecular weight is 498 g/mol. The van der Waals surface area contributed by atoms with E-state index in [4.69, 9.17) is 38.4 Å². The minimum absolute atomic E-state index is 0.102. The molecule has 0 bridgehead atoms. The summed E-state index contributed by atoms with van der Waals surface area (Å²) >= 11 is 12.0. The van der Waals surface area contributed by atoms with Crippen LogP contribution in [-0.4, -0.2) is 72.1 Å². The van der Waals surface area contributed by atoms with Crippen molar-refractivity contribution in [2.24, 2.45) is 5.10 Å². The third-order valence-electron chi connectivity index (χ3n) is 4.95. The summed E-state index contributed by atoms with van der Waals surface area (Å²) in [6, 6.07) is 4.87. The van der Waals surface area contributed by atoms with E-state index >= 15 is 0 Å². The lowest BCUT2D eigenvalue weighted by Crippen LogP contribution is -2.33. The second-order valence-corrected chi connectivity index (χ2v) is 8.13. The fourth-order valence-corrected chi connectivity index (χ4v) is 3.75. The molecule has 0 radical (unpaired) electrons. The van der Waals surface area contributed by atoms with Gasteiger partial charge in [-0.2, -0.15) is 5.10 Å². The smallest absolute Gasteiger partial charge is 0.228 e. The highest BCUT2D eigenvalue weighted by molar-refractivity contribution is 6.35. The fourth-order valence-electron chi connectivity index (χ4n) is 3.29. The summed E-state index contributed by atoms with van der Waals surface area (Å²) in [6.45, 7) is 1.33. The van der Waals surface area contributed by atoms with Crippen LogP contribution in [0.4, 0.5) is 11.8 Å². The number of hydrogen-bond acceptors (Lipinski definition) is 11. The number of nitrogens with two attached hydrogens (primary N) is 1. The zero-order valence-electron chi connectivity index (χ0n) is 17.3. The molecule has 3 aromatic rings. The van der Waals surface area contributed by atoms with Gasteiger partial charge in [-0.1, -0.05) is 23.2 Å². The molecule has 1 aromatic carbocycles.